The van der Waals surface area contributed by atoms with Crippen LogP contribution in [-0.4, -0.2) is 29.0 Å². The van der Waals surface area contributed by atoms with Crippen LogP contribution in [0.2, 0.25) is 10.3 Å². The molecule has 0 bridgehead atoms. The molecule has 0 radical (unpaired) electrons. The fourth-order valence-electron chi connectivity index (χ4n) is 1.86. The van der Waals surface area contributed by atoms with E-state index in [0.717, 1.165) is 12.1 Å². The van der Waals surface area contributed by atoms with Crippen LogP contribution in [0.1, 0.15) is 0 Å². The summed E-state index contributed by atoms with van der Waals surface area (Å²) in [6.07, 6.45) is 0. The third kappa shape index (κ3) is 2.60. The highest BCUT2D eigenvalue weighted by Crippen LogP contribution is 2.36. The maximum Gasteiger partial charge on any atom is 0.225 e. The second kappa shape index (κ2) is 5.57. The molecule has 4 nitrogen and oxygen atoms in total. The molecule has 114 valence electrons. The SMILES string of the molecule is CN(C)c1nc2nc(Cl)nc(-c3cc(F)c(Cl)cc3F)c2s1. The first-order valence-electron chi connectivity index (χ1n) is 6.03. The van der Waals surface area contributed by atoms with Crippen LogP contribution in [0.5, 0.6) is 0 Å². The lowest BCUT2D eigenvalue weighted by Gasteiger charge is -2.06. The average molecular weight is 361 g/mol. The van der Waals surface area contributed by atoms with E-state index >= 15 is 0 Å². The predicted molar refractivity (Wildman–Crippen MR) is 84.9 cm³/mol. The fourth-order valence-corrected chi connectivity index (χ4v) is 3.11. The van der Waals surface area contributed by atoms with Gasteiger partial charge in [-0.3, -0.25) is 0 Å². The molecule has 0 saturated carbocycles. The summed E-state index contributed by atoms with van der Waals surface area (Å²) < 4.78 is 28.4. The van der Waals surface area contributed by atoms with Gasteiger partial charge in [0.25, 0.3) is 0 Å². The van der Waals surface area contributed by atoms with Gasteiger partial charge in [-0.05, 0) is 23.7 Å². The lowest BCUT2D eigenvalue weighted by molar-refractivity contribution is 0.603. The Morgan fingerprint density at radius 2 is 1.77 bits per heavy atom. The van der Waals surface area contributed by atoms with E-state index in [1.807, 2.05) is 14.1 Å². The van der Waals surface area contributed by atoms with Crippen LogP contribution in [0.15, 0.2) is 12.1 Å². The topological polar surface area (TPSA) is 41.9 Å². The molecule has 0 aliphatic heterocycles. The van der Waals surface area contributed by atoms with E-state index in [1.165, 1.54) is 11.3 Å². The van der Waals surface area contributed by atoms with Crippen molar-refractivity contribution in [3.05, 3.63) is 34.1 Å². The summed E-state index contributed by atoms with van der Waals surface area (Å²) in [7, 11) is 3.63. The Labute approximate surface area is 138 Å². The minimum absolute atomic E-state index is 0.0369. The smallest absolute Gasteiger partial charge is 0.225 e. The number of halogens is 4. The van der Waals surface area contributed by atoms with Gasteiger partial charge in [0.05, 0.1) is 10.7 Å². The van der Waals surface area contributed by atoms with Crippen molar-refractivity contribution >= 4 is 50.0 Å². The number of benzene rings is 1. The molecule has 0 spiro atoms. The molecule has 0 unspecified atom stereocenters. The minimum atomic E-state index is -0.738. The van der Waals surface area contributed by atoms with E-state index < -0.39 is 11.6 Å². The summed E-state index contributed by atoms with van der Waals surface area (Å²) in [4.78, 5) is 14.1. The molecule has 0 saturated heterocycles. The Bertz CT molecular complexity index is 882. The predicted octanol–water partition coefficient (Wildman–Crippen LogP) is 4.40. The van der Waals surface area contributed by atoms with E-state index in [-0.39, 0.29) is 21.6 Å². The molecule has 0 atom stereocenters. The van der Waals surface area contributed by atoms with Gasteiger partial charge in [0.15, 0.2) is 10.8 Å². The van der Waals surface area contributed by atoms with Crippen LogP contribution in [0, 0.1) is 11.6 Å². The monoisotopic (exact) mass is 360 g/mol. The zero-order valence-electron chi connectivity index (χ0n) is 11.4. The van der Waals surface area contributed by atoms with Crippen molar-refractivity contribution in [1.29, 1.82) is 0 Å². The molecule has 0 N–H and O–H groups in total. The van der Waals surface area contributed by atoms with Gasteiger partial charge < -0.3 is 4.90 Å². The number of hydrogen-bond acceptors (Lipinski definition) is 5. The highest BCUT2D eigenvalue weighted by atomic mass is 35.5. The van der Waals surface area contributed by atoms with E-state index in [0.29, 0.717) is 15.5 Å². The molecular weight excluding hydrogens is 353 g/mol. The van der Waals surface area contributed by atoms with Crippen molar-refractivity contribution in [2.45, 2.75) is 0 Å². The molecule has 1 aromatic carbocycles. The van der Waals surface area contributed by atoms with E-state index in [2.05, 4.69) is 15.0 Å². The molecule has 9 heteroatoms. The molecule has 3 aromatic rings. The minimum Gasteiger partial charge on any atom is -0.354 e. The first kappa shape index (κ1) is 15.3. The normalized spacial score (nSPS) is 11.2. The van der Waals surface area contributed by atoms with Gasteiger partial charge in [-0.1, -0.05) is 22.9 Å². The van der Waals surface area contributed by atoms with E-state index in [1.54, 1.807) is 4.90 Å². The third-order valence-corrected chi connectivity index (χ3v) is 4.54. The number of hydrogen-bond donors (Lipinski definition) is 0. The number of fused-ring (bicyclic) bond motifs is 1. The summed E-state index contributed by atoms with van der Waals surface area (Å²) in [6.45, 7) is 0. The Morgan fingerprint density at radius 3 is 2.45 bits per heavy atom. The van der Waals surface area contributed by atoms with Gasteiger partial charge in [0.2, 0.25) is 5.28 Å². The van der Waals surface area contributed by atoms with Crippen molar-refractivity contribution in [3.63, 3.8) is 0 Å². The van der Waals surface area contributed by atoms with Crippen LogP contribution in [0.4, 0.5) is 13.9 Å². The molecule has 2 heterocycles. The number of rotatable bonds is 2. The second-order valence-electron chi connectivity index (χ2n) is 4.63. The lowest BCUT2D eigenvalue weighted by atomic mass is 10.1. The second-order valence-corrected chi connectivity index (χ2v) is 6.35. The number of thiazole rings is 1. The zero-order chi connectivity index (χ0) is 16.0. The van der Waals surface area contributed by atoms with Crippen molar-refractivity contribution < 1.29 is 8.78 Å². The van der Waals surface area contributed by atoms with E-state index in [9.17, 15) is 8.78 Å². The summed E-state index contributed by atoms with van der Waals surface area (Å²) in [5.41, 5.74) is 0.484. The Morgan fingerprint density at radius 1 is 1.05 bits per heavy atom. The lowest BCUT2D eigenvalue weighted by Crippen LogP contribution is -2.07. The van der Waals surface area contributed by atoms with Crippen LogP contribution >= 0.6 is 34.5 Å². The van der Waals surface area contributed by atoms with Gasteiger partial charge in [0, 0.05) is 19.7 Å². The first-order valence-corrected chi connectivity index (χ1v) is 7.60. The van der Waals surface area contributed by atoms with Crippen molar-refractivity contribution in [2.24, 2.45) is 0 Å². The summed E-state index contributed by atoms with van der Waals surface area (Å²) in [6, 6.07) is 1.90. The highest BCUT2D eigenvalue weighted by molar-refractivity contribution is 7.22. The van der Waals surface area contributed by atoms with Crippen molar-refractivity contribution in [2.75, 3.05) is 19.0 Å². The van der Waals surface area contributed by atoms with Crippen molar-refractivity contribution in [3.8, 4) is 11.3 Å². The number of nitrogens with zero attached hydrogens (tertiary/aromatic N) is 4. The van der Waals surface area contributed by atoms with Crippen molar-refractivity contribution in [1.82, 2.24) is 15.0 Å². The quantitative estimate of drug-likeness (QED) is 0.501. The third-order valence-electron chi connectivity index (χ3n) is 2.86. The summed E-state index contributed by atoms with van der Waals surface area (Å²) in [5.74, 6) is -1.43. The van der Waals surface area contributed by atoms with Crippen LogP contribution in [0.3, 0.4) is 0 Å². The van der Waals surface area contributed by atoms with Gasteiger partial charge in [-0.2, -0.15) is 9.97 Å². The molecular formula is C13H8Cl2F2N4S. The number of aromatic nitrogens is 3. The fraction of sp³-hybridized carbons (Fsp3) is 0.154. The Kier molecular flexibility index (Phi) is 3.88. The largest absolute Gasteiger partial charge is 0.354 e. The summed E-state index contributed by atoms with van der Waals surface area (Å²) in [5, 5.41) is 0.270. The standard InChI is InChI=1S/C13H8Cl2F2N4S/c1-21(2)13-20-11-10(22-13)9(18-12(15)19-11)5-3-8(17)6(14)4-7(5)16/h3-4H,1-2H3. The average Bonchev–Trinajstić information content (AvgIpc) is 2.86. The number of anilines is 1. The molecule has 0 fully saturated rings. The van der Waals surface area contributed by atoms with Crippen LogP contribution < -0.4 is 4.90 Å². The van der Waals surface area contributed by atoms with Gasteiger partial charge >= 0.3 is 0 Å². The molecule has 0 aliphatic carbocycles. The highest BCUT2D eigenvalue weighted by Gasteiger charge is 2.19. The van der Waals surface area contributed by atoms with Gasteiger partial charge in [-0.15, -0.1) is 0 Å². The molecule has 2 aromatic heterocycles. The summed E-state index contributed by atoms with van der Waals surface area (Å²) >= 11 is 12.7. The molecule has 0 amide bonds. The maximum absolute atomic E-state index is 14.2. The van der Waals surface area contributed by atoms with Gasteiger partial charge in [-0.25, -0.2) is 13.8 Å². The first-order chi connectivity index (χ1) is 10.4. The molecule has 22 heavy (non-hydrogen) atoms. The van der Waals surface area contributed by atoms with Crippen LogP contribution in [-0.2, 0) is 0 Å². The van der Waals surface area contributed by atoms with Gasteiger partial charge in [0.1, 0.15) is 16.3 Å². The van der Waals surface area contributed by atoms with E-state index in [4.69, 9.17) is 23.2 Å². The molecule has 3 rings (SSSR count). The Hall–Kier alpha value is -1.57. The Balaban J connectivity index is 2.32. The zero-order valence-corrected chi connectivity index (χ0v) is 13.7. The maximum atomic E-state index is 14.2. The molecule has 0 aliphatic rings. The van der Waals surface area contributed by atoms with Crippen LogP contribution in [0.25, 0.3) is 21.6 Å².